The van der Waals surface area contributed by atoms with E-state index in [1.54, 1.807) is 6.20 Å². The van der Waals surface area contributed by atoms with E-state index in [-0.39, 0.29) is 0 Å². The number of rotatable bonds is 7. The van der Waals surface area contributed by atoms with Crippen molar-refractivity contribution < 1.29 is 13.9 Å². The van der Waals surface area contributed by atoms with Crippen LogP contribution in [0.2, 0.25) is 5.02 Å². The van der Waals surface area contributed by atoms with Gasteiger partial charge in [-0.05, 0) is 37.8 Å². The van der Waals surface area contributed by atoms with Crippen LogP contribution in [0.3, 0.4) is 0 Å². The first-order valence-electron chi connectivity index (χ1n) is 9.42. The van der Waals surface area contributed by atoms with Crippen molar-refractivity contribution in [2.45, 2.75) is 44.4 Å². The molecule has 0 N–H and O–H groups in total. The first-order chi connectivity index (χ1) is 12.8. The van der Waals surface area contributed by atoms with Gasteiger partial charge in [-0.25, -0.2) is 4.98 Å². The second kappa shape index (κ2) is 8.53. The molecule has 0 bridgehead atoms. The highest BCUT2D eigenvalue weighted by Crippen LogP contribution is 2.25. The van der Waals surface area contributed by atoms with Gasteiger partial charge in [0.1, 0.15) is 0 Å². The molecule has 0 radical (unpaired) electrons. The van der Waals surface area contributed by atoms with Crippen molar-refractivity contribution in [3.05, 3.63) is 41.4 Å². The molecule has 2 aliphatic heterocycles. The summed E-state index contributed by atoms with van der Waals surface area (Å²) in [5.74, 6) is 1.47. The Labute approximate surface area is 159 Å². The van der Waals surface area contributed by atoms with Gasteiger partial charge < -0.3 is 13.9 Å². The highest BCUT2D eigenvalue weighted by molar-refractivity contribution is 6.30. The maximum atomic E-state index is 6.08. The van der Waals surface area contributed by atoms with Crippen molar-refractivity contribution in [2.75, 3.05) is 26.3 Å². The van der Waals surface area contributed by atoms with Gasteiger partial charge >= 0.3 is 0 Å². The molecule has 0 aliphatic carbocycles. The molecule has 4 rings (SSSR count). The molecule has 1 aromatic heterocycles. The molecule has 1 aromatic carbocycles. The lowest BCUT2D eigenvalue weighted by molar-refractivity contribution is 0.0317. The zero-order chi connectivity index (χ0) is 17.8. The number of benzene rings is 1. The van der Waals surface area contributed by atoms with Crippen molar-refractivity contribution in [1.82, 2.24) is 9.88 Å². The molecule has 0 amide bonds. The number of nitrogens with zero attached hydrogens (tertiary/aromatic N) is 2. The molecule has 2 atom stereocenters. The van der Waals surface area contributed by atoms with E-state index >= 15 is 0 Å². The second-order valence-corrected chi connectivity index (χ2v) is 7.53. The Morgan fingerprint density at radius 3 is 2.42 bits per heavy atom. The zero-order valence-corrected chi connectivity index (χ0v) is 15.7. The van der Waals surface area contributed by atoms with E-state index in [1.807, 2.05) is 24.3 Å². The fourth-order valence-electron chi connectivity index (χ4n) is 3.71. The predicted octanol–water partition coefficient (Wildman–Crippen LogP) is 4.16. The van der Waals surface area contributed by atoms with Crippen molar-refractivity contribution in [3.8, 4) is 11.3 Å². The SMILES string of the molecule is Clc1cccc(-c2cnc(CN(C[C@H]3CCCO3)C[C@@H]3CCCO3)o2)c1. The van der Waals surface area contributed by atoms with Crippen LogP contribution in [-0.2, 0) is 16.0 Å². The first-order valence-corrected chi connectivity index (χ1v) is 9.80. The van der Waals surface area contributed by atoms with Crippen LogP contribution in [0.1, 0.15) is 31.6 Å². The number of ether oxygens (including phenoxy) is 2. The van der Waals surface area contributed by atoms with Crippen LogP contribution >= 0.6 is 11.6 Å². The van der Waals surface area contributed by atoms with Gasteiger partial charge in [0.25, 0.3) is 0 Å². The molecule has 2 aromatic rings. The highest BCUT2D eigenvalue weighted by Gasteiger charge is 2.25. The van der Waals surface area contributed by atoms with Gasteiger partial charge in [-0.3, -0.25) is 4.90 Å². The Balaban J connectivity index is 1.44. The quantitative estimate of drug-likeness (QED) is 0.726. The standard InChI is InChI=1S/C20H25ClN2O3/c21-16-5-1-4-15(10-16)19-11-22-20(26-19)14-23(12-17-6-2-8-24-17)13-18-7-3-9-25-18/h1,4-5,10-11,17-18H,2-3,6-9,12-14H2/t17-,18+. The minimum absolute atomic E-state index is 0.304. The van der Waals surface area contributed by atoms with Crippen LogP contribution in [0.5, 0.6) is 0 Å². The highest BCUT2D eigenvalue weighted by atomic mass is 35.5. The Morgan fingerprint density at radius 2 is 1.81 bits per heavy atom. The molecule has 0 unspecified atom stereocenters. The maximum absolute atomic E-state index is 6.08. The van der Waals surface area contributed by atoms with Crippen LogP contribution in [0, 0.1) is 0 Å². The molecule has 5 nitrogen and oxygen atoms in total. The van der Waals surface area contributed by atoms with E-state index in [2.05, 4.69) is 9.88 Å². The predicted molar refractivity (Wildman–Crippen MR) is 100 cm³/mol. The molecule has 2 fully saturated rings. The van der Waals surface area contributed by atoms with Crippen LogP contribution in [-0.4, -0.2) is 48.4 Å². The van der Waals surface area contributed by atoms with E-state index < -0.39 is 0 Å². The number of hydrogen-bond donors (Lipinski definition) is 0. The molecular formula is C20H25ClN2O3. The topological polar surface area (TPSA) is 47.7 Å². The molecule has 0 saturated carbocycles. The number of halogens is 1. The lowest BCUT2D eigenvalue weighted by Gasteiger charge is -2.26. The van der Waals surface area contributed by atoms with Gasteiger partial charge in [0.15, 0.2) is 5.76 Å². The summed E-state index contributed by atoms with van der Waals surface area (Å²) in [7, 11) is 0. The smallest absolute Gasteiger partial charge is 0.209 e. The molecule has 140 valence electrons. The number of aromatic nitrogens is 1. The molecule has 6 heteroatoms. The summed E-state index contributed by atoms with van der Waals surface area (Å²) in [6.07, 6.45) is 6.93. The third kappa shape index (κ3) is 4.65. The molecule has 2 saturated heterocycles. The maximum Gasteiger partial charge on any atom is 0.209 e. The molecule has 3 heterocycles. The molecule has 2 aliphatic rings. The minimum Gasteiger partial charge on any atom is -0.439 e. The normalized spacial score (nSPS) is 23.2. The Morgan fingerprint density at radius 1 is 1.08 bits per heavy atom. The lowest BCUT2D eigenvalue weighted by atomic mass is 10.2. The summed E-state index contributed by atoms with van der Waals surface area (Å²) >= 11 is 6.08. The first kappa shape index (κ1) is 18.0. The van der Waals surface area contributed by atoms with Crippen molar-refractivity contribution in [3.63, 3.8) is 0 Å². The number of oxazole rings is 1. The van der Waals surface area contributed by atoms with Crippen molar-refractivity contribution in [2.24, 2.45) is 0 Å². The van der Waals surface area contributed by atoms with Gasteiger partial charge in [-0.1, -0.05) is 23.7 Å². The van der Waals surface area contributed by atoms with Gasteiger partial charge in [0, 0.05) is 36.9 Å². The summed E-state index contributed by atoms with van der Waals surface area (Å²) in [6.45, 7) is 4.20. The lowest BCUT2D eigenvalue weighted by Crippen LogP contribution is -2.37. The van der Waals surface area contributed by atoms with E-state index in [9.17, 15) is 0 Å². The fraction of sp³-hybridized carbons (Fsp3) is 0.550. The Bertz CT molecular complexity index is 691. The number of hydrogen-bond acceptors (Lipinski definition) is 5. The van der Waals surface area contributed by atoms with E-state index in [0.29, 0.717) is 23.8 Å². The van der Waals surface area contributed by atoms with Crippen LogP contribution in [0.25, 0.3) is 11.3 Å². The van der Waals surface area contributed by atoms with E-state index in [4.69, 9.17) is 25.5 Å². The van der Waals surface area contributed by atoms with Gasteiger partial charge in [0.05, 0.1) is 24.9 Å². The van der Waals surface area contributed by atoms with Crippen LogP contribution in [0.15, 0.2) is 34.9 Å². The Kier molecular flexibility index (Phi) is 5.90. The molecule has 0 spiro atoms. The van der Waals surface area contributed by atoms with Crippen LogP contribution in [0.4, 0.5) is 0 Å². The summed E-state index contributed by atoms with van der Waals surface area (Å²) in [4.78, 5) is 6.84. The van der Waals surface area contributed by atoms with Gasteiger partial charge in [-0.15, -0.1) is 0 Å². The minimum atomic E-state index is 0.304. The van der Waals surface area contributed by atoms with Crippen molar-refractivity contribution >= 4 is 11.6 Å². The summed E-state index contributed by atoms with van der Waals surface area (Å²) in [5, 5.41) is 0.693. The summed E-state index contributed by atoms with van der Waals surface area (Å²) in [5.41, 5.74) is 0.945. The monoisotopic (exact) mass is 376 g/mol. The summed E-state index contributed by atoms with van der Waals surface area (Å²) < 4.78 is 17.6. The average Bonchev–Trinajstić information content (AvgIpc) is 3.37. The van der Waals surface area contributed by atoms with Gasteiger partial charge in [0.2, 0.25) is 5.89 Å². The summed E-state index contributed by atoms with van der Waals surface area (Å²) in [6, 6.07) is 7.64. The second-order valence-electron chi connectivity index (χ2n) is 7.09. The largest absolute Gasteiger partial charge is 0.439 e. The average molecular weight is 377 g/mol. The van der Waals surface area contributed by atoms with Gasteiger partial charge in [-0.2, -0.15) is 0 Å². The molecule has 26 heavy (non-hydrogen) atoms. The van der Waals surface area contributed by atoms with Crippen LogP contribution < -0.4 is 0 Å². The van der Waals surface area contributed by atoms with E-state index in [0.717, 1.165) is 69.2 Å². The third-order valence-corrected chi connectivity index (χ3v) is 5.23. The fourth-order valence-corrected chi connectivity index (χ4v) is 3.90. The Hall–Kier alpha value is -1.40. The zero-order valence-electron chi connectivity index (χ0n) is 14.9. The van der Waals surface area contributed by atoms with Crippen molar-refractivity contribution in [1.29, 1.82) is 0 Å². The molecular weight excluding hydrogens is 352 g/mol. The third-order valence-electron chi connectivity index (χ3n) is 4.99. The van der Waals surface area contributed by atoms with E-state index in [1.165, 1.54) is 0 Å².